The number of nitrogens with one attached hydrogen (secondary N) is 3. The Kier molecular flexibility index (Phi) is 11.1. The van der Waals surface area contributed by atoms with Gasteiger partial charge in [-0.2, -0.15) is 5.26 Å². The molecule has 2 aromatic heterocycles. The first-order valence-corrected chi connectivity index (χ1v) is 14.9. The molecule has 0 aliphatic carbocycles. The molecule has 1 aliphatic heterocycles. The number of rotatable bonds is 8. The third kappa shape index (κ3) is 8.49. The van der Waals surface area contributed by atoms with Crippen molar-refractivity contribution < 1.29 is 29.3 Å². The minimum Gasteiger partial charge on any atom is -0.506 e. The van der Waals surface area contributed by atoms with Crippen LogP contribution in [0.1, 0.15) is 79.3 Å². The van der Waals surface area contributed by atoms with Gasteiger partial charge in [-0.3, -0.25) is 25.0 Å². The van der Waals surface area contributed by atoms with Gasteiger partial charge in [-0.15, -0.1) is 0 Å². The summed E-state index contributed by atoms with van der Waals surface area (Å²) < 4.78 is 11.6. The van der Waals surface area contributed by atoms with E-state index in [1.807, 2.05) is 26.8 Å². The average molecular weight is 652 g/mol. The lowest BCUT2D eigenvalue weighted by atomic mass is 10.1. The molecular formula is C35H37N7O6. The normalized spacial score (nSPS) is 12.7. The fraction of sp³-hybridized carbons (Fsp3) is 0.257. The van der Waals surface area contributed by atoms with E-state index in [4.69, 9.17) is 25.9 Å². The number of aliphatic hydroxyl groups excluding tert-OH is 1. The molecule has 0 spiro atoms. The SMILES string of the molecule is Cc1ncc(CNC(=O)c2cccc(C#N)c2)c2c1OC(C)(C)OC2.Cc1ncc(CNC(=O)c2cccc(C(=N)N)c2)c(CO)c1O. The van der Waals surface area contributed by atoms with E-state index < -0.39 is 5.79 Å². The third-order valence-electron chi connectivity index (χ3n) is 7.47. The molecular weight excluding hydrogens is 614 g/mol. The van der Waals surface area contributed by atoms with Gasteiger partial charge in [-0.05, 0) is 55.3 Å². The summed E-state index contributed by atoms with van der Waals surface area (Å²) in [4.78, 5) is 32.9. The van der Waals surface area contributed by atoms with Crippen LogP contribution in [0.3, 0.4) is 0 Å². The second-order valence-electron chi connectivity index (χ2n) is 11.4. The fourth-order valence-electron chi connectivity index (χ4n) is 4.77. The number of amides is 2. The summed E-state index contributed by atoms with van der Waals surface area (Å²) in [6.07, 6.45) is 3.23. The molecule has 248 valence electrons. The van der Waals surface area contributed by atoms with Gasteiger partial charge >= 0.3 is 0 Å². The second-order valence-corrected chi connectivity index (χ2v) is 11.4. The van der Waals surface area contributed by atoms with Crippen LogP contribution in [0.4, 0.5) is 0 Å². The average Bonchev–Trinajstić information content (AvgIpc) is 3.08. The number of nitrogens with two attached hydrogens (primary N) is 1. The Balaban J connectivity index is 0.000000218. The van der Waals surface area contributed by atoms with E-state index in [9.17, 15) is 19.8 Å². The van der Waals surface area contributed by atoms with E-state index in [-0.39, 0.29) is 36.6 Å². The summed E-state index contributed by atoms with van der Waals surface area (Å²) in [5, 5.41) is 41.1. The Morgan fingerprint density at radius 2 is 1.56 bits per heavy atom. The zero-order valence-electron chi connectivity index (χ0n) is 27.0. The lowest BCUT2D eigenvalue weighted by Crippen LogP contribution is -2.36. The number of fused-ring (bicyclic) bond motifs is 1. The van der Waals surface area contributed by atoms with E-state index in [1.54, 1.807) is 55.6 Å². The first-order chi connectivity index (χ1) is 22.8. The fourth-order valence-corrected chi connectivity index (χ4v) is 4.77. The Hall–Kier alpha value is -5.84. The van der Waals surface area contributed by atoms with Crippen molar-refractivity contribution >= 4 is 17.6 Å². The van der Waals surface area contributed by atoms with Crippen molar-refractivity contribution in [3.8, 4) is 17.6 Å². The van der Waals surface area contributed by atoms with Crippen LogP contribution in [0.15, 0.2) is 60.9 Å². The van der Waals surface area contributed by atoms with Gasteiger partial charge in [-0.25, -0.2) is 0 Å². The van der Waals surface area contributed by atoms with Crippen molar-refractivity contribution in [3.05, 3.63) is 117 Å². The number of pyridine rings is 2. The maximum atomic E-state index is 12.3. The minimum atomic E-state index is -0.695. The quantitative estimate of drug-likeness (QED) is 0.120. The first kappa shape index (κ1) is 35.0. The standard InChI is InChI=1S/C19H19N3O3.C16H18N4O3/c1-12-17-16(11-24-19(2,3)25-17)15(9-21-12)10-22-18(23)14-6-4-5-13(7-14)8-20;1-9-14(22)13(8-21)12(6-19-9)7-20-16(23)11-4-2-3-10(5-11)15(17)18/h4-7,9H,10-11H2,1-3H3,(H,22,23);2-6,21-22H,7-8H2,1H3,(H3,17,18)(H,20,23). The van der Waals surface area contributed by atoms with E-state index in [2.05, 4.69) is 20.6 Å². The molecule has 0 radical (unpaired) electrons. The number of carbonyl (C=O) groups is 2. The van der Waals surface area contributed by atoms with Gasteiger partial charge in [0.25, 0.3) is 11.8 Å². The molecule has 0 saturated heterocycles. The predicted molar refractivity (Wildman–Crippen MR) is 176 cm³/mol. The highest BCUT2D eigenvalue weighted by Crippen LogP contribution is 2.35. The van der Waals surface area contributed by atoms with Crippen LogP contribution in [0.25, 0.3) is 0 Å². The first-order valence-electron chi connectivity index (χ1n) is 14.9. The Bertz CT molecular complexity index is 1900. The molecule has 3 heterocycles. The number of aromatic nitrogens is 2. The minimum absolute atomic E-state index is 0.0715. The lowest BCUT2D eigenvalue weighted by molar-refractivity contribution is -0.180. The largest absolute Gasteiger partial charge is 0.506 e. The summed E-state index contributed by atoms with van der Waals surface area (Å²) in [6, 6.07) is 15.0. The number of nitrogen functional groups attached to an aromatic ring is 1. The van der Waals surface area contributed by atoms with Gasteiger partial charge in [0.05, 0.1) is 36.2 Å². The van der Waals surface area contributed by atoms with Crippen LogP contribution >= 0.6 is 0 Å². The molecule has 0 atom stereocenters. The van der Waals surface area contributed by atoms with Crippen LogP contribution in [0, 0.1) is 30.6 Å². The number of nitrogens with zero attached hydrogens (tertiary/aromatic N) is 3. The molecule has 13 nitrogen and oxygen atoms in total. The van der Waals surface area contributed by atoms with Crippen molar-refractivity contribution in [1.82, 2.24) is 20.6 Å². The number of aryl methyl sites for hydroxylation is 2. The topological polar surface area (TPSA) is 217 Å². The number of amidine groups is 1. The molecule has 13 heteroatoms. The molecule has 4 aromatic rings. The van der Waals surface area contributed by atoms with Crippen molar-refractivity contribution in [2.75, 3.05) is 0 Å². The molecule has 0 saturated carbocycles. The number of aromatic hydroxyl groups is 1. The third-order valence-corrected chi connectivity index (χ3v) is 7.47. The summed E-state index contributed by atoms with van der Waals surface area (Å²) in [5.41, 5.74) is 11.0. The van der Waals surface area contributed by atoms with Crippen LogP contribution in [-0.4, -0.2) is 43.6 Å². The maximum absolute atomic E-state index is 12.3. The van der Waals surface area contributed by atoms with E-state index >= 15 is 0 Å². The van der Waals surface area contributed by atoms with Crippen LogP contribution in [-0.2, 0) is 31.0 Å². The van der Waals surface area contributed by atoms with Crippen LogP contribution in [0.5, 0.6) is 11.5 Å². The number of nitriles is 1. The monoisotopic (exact) mass is 651 g/mol. The van der Waals surface area contributed by atoms with Crippen molar-refractivity contribution in [1.29, 1.82) is 10.7 Å². The summed E-state index contributed by atoms with van der Waals surface area (Å²) in [7, 11) is 0. The molecule has 0 bridgehead atoms. The van der Waals surface area contributed by atoms with E-state index in [0.717, 1.165) is 22.6 Å². The molecule has 5 rings (SSSR count). The Morgan fingerprint density at radius 3 is 2.21 bits per heavy atom. The lowest BCUT2D eigenvalue weighted by Gasteiger charge is -2.34. The molecule has 48 heavy (non-hydrogen) atoms. The predicted octanol–water partition coefficient (Wildman–Crippen LogP) is 3.64. The highest BCUT2D eigenvalue weighted by atomic mass is 16.7. The number of benzene rings is 2. The zero-order valence-corrected chi connectivity index (χ0v) is 27.0. The molecule has 7 N–H and O–H groups in total. The van der Waals surface area contributed by atoms with Crippen LogP contribution < -0.4 is 21.1 Å². The summed E-state index contributed by atoms with van der Waals surface area (Å²) in [5.74, 6) is -0.761. The number of hydrogen-bond acceptors (Lipinski definition) is 10. The molecule has 1 aliphatic rings. The number of aliphatic hydroxyl groups is 1. The zero-order chi connectivity index (χ0) is 35.0. The van der Waals surface area contributed by atoms with Gasteiger partial charge in [0, 0.05) is 67.1 Å². The summed E-state index contributed by atoms with van der Waals surface area (Å²) in [6.45, 7) is 7.69. The van der Waals surface area contributed by atoms with Gasteiger partial charge in [0.2, 0.25) is 5.79 Å². The number of ether oxygens (including phenoxy) is 2. The molecule has 0 fully saturated rings. The van der Waals surface area contributed by atoms with Crippen molar-refractivity contribution in [2.24, 2.45) is 5.73 Å². The van der Waals surface area contributed by atoms with Crippen molar-refractivity contribution in [2.45, 2.75) is 59.8 Å². The molecule has 2 aromatic carbocycles. The molecule has 0 unspecified atom stereocenters. The Labute approximate surface area is 277 Å². The van der Waals surface area contributed by atoms with E-state index in [0.29, 0.717) is 52.2 Å². The van der Waals surface area contributed by atoms with Gasteiger partial charge < -0.3 is 36.1 Å². The molecule has 2 amide bonds. The highest BCUT2D eigenvalue weighted by Gasteiger charge is 2.30. The van der Waals surface area contributed by atoms with Gasteiger partial charge in [0.15, 0.2) is 0 Å². The maximum Gasteiger partial charge on any atom is 0.251 e. The van der Waals surface area contributed by atoms with Crippen LogP contribution in [0.2, 0.25) is 0 Å². The van der Waals surface area contributed by atoms with E-state index in [1.165, 1.54) is 12.3 Å². The van der Waals surface area contributed by atoms with Crippen molar-refractivity contribution in [3.63, 3.8) is 0 Å². The Morgan fingerprint density at radius 1 is 0.979 bits per heavy atom. The smallest absolute Gasteiger partial charge is 0.251 e. The second kappa shape index (κ2) is 15.2. The number of carbonyl (C=O) groups excluding carboxylic acids is 2. The van der Waals surface area contributed by atoms with Gasteiger partial charge in [-0.1, -0.05) is 18.2 Å². The van der Waals surface area contributed by atoms with Gasteiger partial charge in [0.1, 0.15) is 17.3 Å². The summed E-state index contributed by atoms with van der Waals surface area (Å²) >= 11 is 0. The number of hydrogen-bond donors (Lipinski definition) is 6. The highest BCUT2D eigenvalue weighted by molar-refractivity contribution is 6.00.